The van der Waals surface area contributed by atoms with Crippen LogP contribution in [0.4, 0.5) is 0 Å². The fourth-order valence-electron chi connectivity index (χ4n) is 5.61. The number of pyridine rings is 2. The number of esters is 3. The van der Waals surface area contributed by atoms with Crippen LogP contribution in [-0.4, -0.2) is 78.2 Å². The van der Waals surface area contributed by atoms with E-state index in [-0.39, 0.29) is 68.3 Å². The van der Waals surface area contributed by atoms with Crippen LogP contribution in [0.15, 0.2) is 41.2 Å². The molecule has 250 valence electrons. The fourth-order valence-corrected chi connectivity index (χ4v) is 5.61. The second-order valence-corrected chi connectivity index (χ2v) is 11.5. The van der Waals surface area contributed by atoms with Gasteiger partial charge in [-0.05, 0) is 24.6 Å². The molecule has 2 aliphatic heterocycles. The van der Waals surface area contributed by atoms with Crippen LogP contribution in [0.2, 0.25) is 0 Å². The van der Waals surface area contributed by atoms with Crippen molar-refractivity contribution in [2.45, 2.75) is 58.2 Å². The number of carbonyl (C=O) groups excluding carboxylic acids is 4. The molecule has 0 bridgehead atoms. The number of amides is 1. The molecule has 0 aliphatic carbocycles. The highest BCUT2D eigenvalue weighted by Gasteiger charge is 2.50. The monoisotopic (exact) mass is 651 g/mol. The molecule has 0 spiro atoms. The first kappa shape index (κ1) is 33.7. The predicted octanol–water partition coefficient (Wildman–Crippen LogP) is 1.69. The molecule has 3 unspecified atom stereocenters. The Morgan fingerprint density at radius 1 is 1.13 bits per heavy atom. The number of carbonyl (C=O) groups is 4. The Hall–Kier alpha value is -4.66. The van der Waals surface area contributed by atoms with Gasteiger partial charge < -0.3 is 38.7 Å². The zero-order chi connectivity index (χ0) is 33.7. The minimum absolute atomic E-state index is 0.0269. The van der Waals surface area contributed by atoms with E-state index in [9.17, 15) is 24.0 Å². The van der Waals surface area contributed by atoms with Crippen LogP contribution in [-0.2, 0) is 61.6 Å². The van der Waals surface area contributed by atoms with E-state index in [0.717, 1.165) is 16.5 Å². The zero-order valence-corrected chi connectivity index (χ0v) is 26.4. The molecule has 0 saturated heterocycles. The van der Waals surface area contributed by atoms with Crippen molar-refractivity contribution in [3.05, 3.63) is 63.4 Å². The molecule has 1 aromatic carbocycles. The van der Waals surface area contributed by atoms with Gasteiger partial charge in [0.1, 0.15) is 13.2 Å². The van der Waals surface area contributed by atoms with E-state index in [1.807, 2.05) is 30.3 Å². The molecular weight excluding hydrogens is 614 g/mol. The van der Waals surface area contributed by atoms with E-state index in [1.54, 1.807) is 24.5 Å². The Kier molecular flexibility index (Phi) is 10.3. The van der Waals surface area contributed by atoms with Gasteiger partial charge in [-0.3, -0.25) is 19.2 Å². The number of hydrogen-bond donors (Lipinski definition) is 2. The van der Waals surface area contributed by atoms with Gasteiger partial charge in [-0.2, -0.15) is 0 Å². The number of cyclic esters (lactones) is 1. The number of fused-ring (bicyclic) bond motifs is 5. The van der Waals surface area contributed by atoms with Crippen LogP contribution in [0.25, 0.3) is 22.3 Å². The highest BCUT2D eigenvalue weighted by Crippen LogP contribution is 2.40. The third-order valence-corrected chi connectivity index (χ3v) is 8.17. The second kappa shape index (κ2) is 14.4. The Morgan fingerprint density at radius 3 is 2.66 bits per heavy atom. The van der Waals surface area contributed by atoms with E-state index in [4.69, 9.17) is 33.8 Å². The number of nitrogens with zero attached hydrogens (tertiary/aromatic N) is 2. The van der Waals surface area contributed by atoms with Crippen molar-refractivity contribution in [2.24, 2.45) is 5.92 Å². The van der Waals surface area contributed by atoms with Crippen LogP contribution in [0.3, 0.4) is 0 Å². The first-order valence-corrected chi connectivity index (χ1v) is 15.3. The van der Waals surface area contributed by atoms with Gasteiger partial charge in [0.2, 0.25) is 11.5 Å². The molecule has 0 fully saturated rings. The van der Waals surface area contributed by atoms with Crippen molar-refractivity contribution in [3.8, 4) is 11.4 Å². The Labute approximate surface area is 269 Å². The Morgan fingerprint density at radius 2 is 1.91 bits per heavy atom. The van der Waals surface area contributed by atoms with Gasteiger partial charge in [0, 0.05) is 36.0 Å². The van der Waals surface area contributed by atoms with E-state index >= 15 is 0 Å². The molecule has 14 heteroatoms. The molecule has 4 heterocycles. The van der Waals surface area contributed by atoms with Gasteiger partial charge in [0.05, 0.1) is 55.3 Å². The number of aromatic nitrogens is 2. The molecule has 3 atom stereocenters. The highest BCUT2D eigenvalue weighted by atomic mass is 16.7. The quantitative estimate of drug-likeness (QED) is 0.115. The van der Waals surface area contributed by atoms with Gasteiger partial charge in [-0.1, -0.05) is 32.0 Å². The summed E-state index contributed by atoms with van der Waals surface area (Å²) in [5.41, 5.74) is 0.866. The van der Waals surface area contributed by atoms with Gasteiger partial charge in [0.25, 0.3) is 5.56 Å². The number of rotatable bonds is 14. The van der Waals surface area contributed by atoms with Crippen molar-refractivity contribution >= 4 is 34.7 Å². The van der Waals surface area contributed by atoms with Gasteiger partial charge >= 0.3 is 17.9 Å². The number of benzene rings is 1. The predicted molar refractivity (Wildman–Crippen MR) is 165 cm³/mol. The summed E-state index contributed by atoms with van der Waals surface area (Å²) in [6.45, 7) is 2.77. The summed E-state index contributed by atoms with van der Waals surface area (Å²) < 4.78 is 28.0. The number of para-hydroxylation sites is 1. The summed E-state index contributed by atoms with van der Waals surface area (Å²) in [6.07, 6.45) is -1.28. The van der Waals surface area contributed by atoms with Gasteiger partial charge in [-0.25, -0.2) is 9.78 Å². The minimum atomic E-state index is -1.91. The second-order valence-electron chi connectivity index (χ2n) is 11.5. The number of aliphatic hydroxyl groups excluding tert-OH is 1. The summed E-state index contributed by atoms with van der Waals surface area (Å²) in [7, 11) is 1.40. The molecule has 5 rings (SSSR count). The molecule has 0 radical (unpaired) electrons. The van der Waals surface area contributed by atoms with Crippen molar-refractivity contribution in [1.82, 2.24) is 14.9 Å². The summed E-state index contributed by atoms with van der Waals surface area (Å²) >= 11 is 0. The van der Waals surface area contributed by atoms with E-state index in [2.05, 4.69) is 5.32 Å². The van der Waals surface area contributed by atoms with Crippen molar-refractivity contribution in [2.75, 3.05) is 33.5 Å². The van der Waals surface area contributed by atoms with Crippen LogP contribution >= 0.6 is 0 Å². The van der Waals surface area contributed by atoms with Gasteiger partial charge in [0.15, 0.2) is 6.29 Å². The third-order valence-electron chi connectivity index (χ3n) is 8.17. The molecule has 14 nitrogen and oxygen atoms in total. The molecule has 3 aromatic rings. The highest BCUT2D eigenvalue weighted by molar-refractivity contribution is 5.90. The summed E-state index contributed by atoms with van der Waals surface area (Å²) in [4.78, 5) is 69.2. The first-order valence-electron chi connectivity index (χ1n) is 15.3. The topological polar surface area (TPSA) is 182 Å². The van der Waals surface area contributed by atoms with Gasteiger partial charge in [-0.15, -0.1) is 0 Å². The molecule has 47 heavy (non-hydrogen) atoms. The SMILES string of the molecule is CCC1(OC(=O)CNC(=O)CCC(=O)OCC(C)COC(CO)OC)C(=O)OCc2c1cc1n(c2=O)Cc2cc3ccccc3nc2-1. The number of methoxy groups -OCH3 is 1. The minimum Gasteiger partial charge on any atom is -0.465 e. The zero-order valence-electron chi connectivity index (χ0n) is 26.4. The fraction of sp³-hybridized carbons (Fsp3) is 0.455. The van der Waals surface area contributed by atoms with Crippen molar-refractivity contribution in [1.29, 1.82) is 0 Å². The molecular formula is C33H37N3O11. The molecule has 2 aromatic heterocycles. The van der Waals surface area contributed by atoms with Crippen molar-refractivity contribution in [3.63, 3.8) is 0 Å². The molecule has 2 aliphatic rings. The third kappa shape index (κ3) is 7.04. The lowest BCUT2D eigenvalue weighted by atomic mass is 9.85. The van der Waals surface area contributed by atoms with E-state index < -0.39 is 42.3 Å². The lowest BCUT2D eigenvalue weighted by Gasteiger charge is -2.35. The number of ether oxygens (including phenoxy) is 5. The average molecular weight is 652 g/mol. The molecule has 2 N–H and O–H groups in total. The van der Waals surface area contributed by atoms with Crippen molar-refractivity contribution < 1.29 is 48.0 Å². The molecule has 0 saturated carbocycles. The van der Waals surface area contributed by atoms with Crippen LogP contribution < -0.4 is 10.9 Å². The maximum atomic E-state index is 13.7. The van der Waals surface area contributed by atoms with E-state index in [1.165, 1.54) is 7.11 Å². The largest absolute Gasteiger partial charge is 0.465 e. The normalized spacial score (nSPS) is 17.6. The number of nitrogens with one attached hydrogen (secondary N) is 1. The maximum absolute atomic E-state index is 13.7. The van der Waals surface area contributed by atoms with E-state index in [0.29, 0.717) is 17.9 Å². The molecule has 1 amide bonds. The average Bonchev–Trinajstić information content (AvgIpc) is 3.43. The Bertz CT molecular complexity index is 1750. The van der Waals surface area contributed by atoms with Crippen LogP contribution in [0, 0.1) is 5.92 Å². The first-order chi connectivity index (χ1) is 22.6. The standard InChI is InChI=1S/C33H37N3O11/c1-4-33(47-28(40)13-34-26(38)9-10-27(39)44-16-19(2)17-45-29(15-37)43-3)23-12-25-30-21(11-20-7-5-6-8-24(20)35-30)14-36(25)31(41)22(23)18-46-32(33)42/h5-8,11-12,19,29,37H,4,9-10,13-18H2,1-3H3,(H,34,38). The number of aliphatic hydroxyl groups is 1. The van der Waals surface area contributed by atoms with Crippen LogP contribution in [0.1, 0.15) is 49.8 Å². The lowest BCUT2D eigenvalue weighted by Crippen LogP contribution is -2.48. The summed E-state index contributed by atoms with van der Waals surface area (Å²) in [5, 5.41) is 12.4. The Balaban J connectivity index is 1.21. The lowest BCUT2D eigenvalue weighted by molar-refractivity contribution is -0.189. The number of hydrogen-bond acceptors (Lipinski definition) is 12. The maximum Gasteiger partial charge on any atom is 0.355 e. The van der Waals surface area contributed by atoms with Crippen LogP contribution in [0.5, 0.6) is 0 Å². The summed E-state index contributed by atoms with van der Waals surface area (Å²) in [5.74, 6) is -3.15. The smallest absolute Gasteiger partial charge is 0.355 e. The summed E-state index contributed by atoms with van der Waals surface area (Å²) in [6, 6.07) is 11.2.